The SMILES string of the molecule is CCCCCCCCCCCCCCC(=O)OC[C@H](COC(=O)CCCCCCCCCCC(C)C)OC(=O)CCCCCCCCCCCCCCCCCCCCC(C)CC. The molecule has 0 bridgehead atoms. The molecule has 0 N–H and O–H groups in total. The van der Waals surface area contributed by atoms with Crippen LogP contribution in [0.1, 0.15) is 317 Å². The highest BCUT2D eigenvalue weighted by Gasteiger charge is 2.19. The Hall–Kier alpha value is -1.59. The van der Waals surface area contributed by atoms with Crippen molar-refractivity contribution in [3.05, 3.63) is 0 Å². The number of carbonyl (C=O) groups excluding carboxylic acids is 3. The smallest absolute Gasteiger partial charge is 0.306 e. The first kappa shape index (κ1) is 61.4. The fourth-order valence-corrected chi connectivity index (χ4v) is 8.66. The van der Waals surface area contributed by atoms with Crippen molar-refractivity contribution in [2.24, 2.45) is 11.8 Å². The number of esters is 3. The molecule has 0 saturated carbocycles. The number of hydrogen-bond acceptors (Lipinski definition) is 6. The van der Waals surface area contributed by atoms with Crippen LogP contribution >= 0.6 is 0 Å². The van der Waals surface area contributed by atoms with Gasteiger partial charge >= 0.3 is 17.9 Å². The van der Waals surface area contributed by atoms with E-state index >= 15 is 0 Å². The molecule has 63 heavy (non-hydrogen) atoms. The first-order valence-electron chi connectivity index (χ1n) is 28.3. The molecule has 0 aromatic heterocycles. The fraction of sp³-hybridized carbons (Fsp3) is 0.947. The van der Waals surface area contributed by atoms with Gasteiger partial charge in [0.05, 0.1) is 0 Å². The monoisotopic (exact) mass is 891 g/mol. The standard InChI is InChI=1S/C57H110O6/c1-6-8-9-10-11-12-13-23-26-32-37-42-47-55(58)61-50-54(51-62-56(59)48-43-38-33-29-28-30-35-40-45-52(3)4)63-57(60)49-44-39-34-27-24-21-19-17-15-14-16-18-20-22-25-31-36-41-46-53(5)7-2/h52-54H,6-51H2,1-5H3/t53?,54-/m1/s1. The Morgan fingerprint density at radius 2 is 0.603 bits per heavy atom. The molecule has 0 amide bonds. The molecule has 6 heteroatoms. The molecular formula is C57H110O6. The topological polar surface area (TPSA) is 78.9 Å². The minimum atomic E-state index is -0.762. The average Bonchev–Trinajstić information content (AvgIpc) is 3.27. The summed E-state index contributed by atoms with van der Waals surface area (Å²) >= 11 is 0. The van der Waals surface area contributed by atoms with Gasteiger partial charge in [-0.15, -0.1) is 0 Å². The molecule has 0 aliphatic rings. The minimum absolute atomic E-state index is 0.0634. The number of hydrogen-bond donors (Lipinski definition) is 0. The predicted octanol–water partition coefficient (Wildman–Crippen LogP) is 18.5. The molecule has 6 nitrogen and oxygen atoms in total. The van der Waals surface area contributed by atoms with E-state index in [0.29, 0.717) is 19.3 Å². The molecule has 0 aliphatic heterocycles. The van der Waals surface area contributed by atoms with Crippen molar-refractivity contribution in [2.75, 3.05) is 13.2 Å². The predicted molar refractivity (Wildman–Crippen MR) is 270 cm³/mol. The summed E-state index contributed by atoms with van der Waals surface area (Å²) in [4.78, 5) is 38.0. The highest BCUT2D eigenvalue weighted by Crippen LogP contribution is 2.18. The number of carbonyl (C=O) groups is 3. The Labute approximate surface area is 393 Å². The van der Waals surface area contributed by atoms with Crippen molar-refractivity contribution in [3.63, 3.8) is 0 Å². The first-order valence-corrected chi connectivity index (χ1v) is 28.3. The molecule has 0 fully saturated rings. The van der Waals surface area contributed by atoms with Crippen molar-refractivity contribution < 1.29 is 28.6 Å². The van der Waals surface area contributed by atoms with Crippen LogP contribution in [-0.2, 0) is 28.6 Å². The summed E-state index contributed by atoms with van der Waals surface area (Å²) in [6.45, 7) is 11.4. The third-order valence-corrected chi connectivity index (χ3v) is 13.3. The number of rotatable bonds is 51. The third-order valence-electron chi connectivity index (χ3n) is 13.3. The third kappa shape index (κ3) is 49.7. The molecule has 0 aromatic carbocycles. The minimum Gasteiger partial charge on any atom is -0.462 e. The zero-order chi connectivity index (χ0) is 46.1. The molecule has 1 unspecified atom stereocenters. The normalized spacial score (nSPS) is 12.5. The van der Waals surface area contributed by atoms with E-state index in [4.69, 9.17) is 14.2 Å². The molecule has 0 rings (SSSR count). The lowest BCUT2D eigenvalue weighted by molar-refractivity contribution is -0.167. The molecule has 0 aliphatic carbocycles. The van der Waals surface area contributed by atoms with Gasteiger partial charge in [0, 0.05) is 19.3 Å². The molecular weight excluding hydrogens is 781 g/mol. The zero-order valence-corrected chi connectivity index (χ0v) is 43.2. The highest BCUT2D eigenvalue weighted by molar-refractivity contribution is 5.71. The zero-order valence-electron chi connectivity index (χ0n) is 43.2. The van der Waals surface area contributed by atoms with E-state index in [1.54, 1.807) is 0 Å². The van der Waals surface area contributed by atoms with Crippen LogP contribution in [0.3, 0.4) is 0 Å². The van der Waals surface area contributed by atoms with Crippen LogP contribution in [-0.4, -0.2) is 37.2 Å². The molecule has 2 atom stereocenters. The number of unbranched alkanes of at least 4 members (excludes halogenated alkanes) is 35. The summed E-state index contributed by atoms with van der Waals surface area (Å²) in [6.07, 6.45) is 52.4. The Balaban J connectivity index is 4.21. The van der Waals surface area contributed by atoms with E-state index in [9.17, 15) is 14.4 Å². The van der Waals surface area contributed by atoms with Gasteiger partial charge in [-0.1, -0.05) is 279 Å². The number of ether oxygens (including phenoxy) is 3. The lowest BCUT2D eigenvalue weighted by atomic mass is 9.99. The van der Waals surface area contributed by atoms with Crippen molar-refractivity contribution in [1.29, 1.82) is 0 Å². The molecule has 374 valence electrons. The van der Waals surface area contributed by atoms with E-state index in [1.165, 1.54) is 205 Å². The Kier molecular flexibility index (Phi) is 48.6. The van der Waals surface area contributed by atoms with Gasteiger partial charge < -0.3 is 14.2 Å². The van der Waals surface area contributed by atoms with Gasteiger partial charge in [-0.25, -0.2) is 0 Å². The van der Waals surface area contributed by atoms with Gasteiger partial charge in [0.1, 0.15) is 13.2 Å². The van der Waals surface area contributed by atoms with Crippen molar-refractivity contribution in [3.8, 4) is 0 Å². The molecule has 0 radical (unpaired) electrons. The van der Waals surface area contributed by atoms with Crippen LogP contribution in [0.5, 0.6) is 0 Å². The molecule has 0 heterocycles. The van der Waals surface area contributed by atoms with Crippen LogP contribution in [0.4, 0.5) is 0 Å². The molecule has 0 saturated heterocycles. The maximum absolute atomic E-state index is 12.8. The van der Waals surface area contributed by atoms with Crippen molar-refractivity contribution in [1.82, 2.24) is 0 Å². The summed E-state index contributed by atoms with van der Waals surface area (Å²) in [6, 6.07) is 0. The summed E-state index contributed by atoms with van der Waals surface area (Å²) in [5.74, 6) is 0.861. The van der Waals surface area contributed by atoms with Crippen LogP contribution < -0.4 is 0 Å². The van der Waals surface area contributed by atoms with E-state index in [2.05, 4.69) is 34.6 Å². The van der Waals surface area contributed by atoms with Gasteiger partial charge in [0.25, 0.3) is 0 Å². The van der Waals surface area contributed by atoms with E-state index < -0.39 is 6.10 Å². The quantitative estimate of drug-likeness (QED) is 0.0344. The summed E-state index contributed by atoms with van der Waals surface area (Å²) in [5.41, 5.74) is 0. The fourth-order valence-electron chi connectivity index (χ4n) is 8.66. The van der Waals surface area contributed by atoms with Crippen molar-refractivity contribution >= 4 is 17.9 Å². The van der Waals surface area contributed by atoms with Crippen molar-refractivity contribution in [2.45, 2.75) is 323 Å². The van der Waals surface area contributed by atoms with Crippen LogP contribution in [0.15, 0.2) is 0 Å². The summed E-state index contributed by atoms with van der Waals surface area (Å²) in [7, 11) is 0. The summed E-state index contributed by atoms with van der Waals surface area (Å²) < 4.78 is 16.8. The van der Waals surface area contributed by atoms with Gasteiger partial charge in [0.15, 0.2) is 6.10 Å². The maximum Gasteiger partial charge on any atom is 0.306 e. The second kappa shape index (κ2) is 49.8. The Morgan fingerprint density at radius 1 is 0.333 bits per heavy atom. The van der Waals surface area contributed by atoms with Gasteiger partial charge in [0.2, 0.25) is 0 Å². The van der Waals surface area contributed by atoms with E-state index in [-0.39, 0.29) is 31.1 Å². The largest absolute Gasteiger partial charge is 0.462 e. The first-order chi connectivity index (χ1) is 30.8. The lowest BCUT2D eigenvalue weighted by Crippen LogP contribution is -2.30. The van der Waals surface area contributed by atoms with Gasteiger partial charge in [-0.05, 0) is 31.1 Å². The van der Waals surface area contributed by atoms with Crippen LogP contribution in [0.25, 0.3) is 0 Å². The van der Waals surface area contributed by atoms with E-state index in [1.807, 2.05) is 0 Å². The second-order valence-corrected chi connectivity index (χ2v) is 20.3. The lowest BCUT2D eigenvalue weighted by Gasteiger charge is -2.18. The van der Waals surface area contributed by atoms with Crippen LogP contribution in [0.2, 0.25) is 0 Å². The highest BCUT2D eigenvalue weighted by atomic mass is 16.6. The summed E-state index contributed by atoms with van der Waals surface area (Å²) in [5, 5.41) is 0. The Bertz CT molecular complexity index is 964. The van der Waals surface area contributed by atoms with Crippen LogP contribution in [0, 0.1) is 11.8 Å². The second-order valence-electron chi connectivity index (χ2n) is 20.3. The Morgan fingerprint density at radius 3 is 0.905 bits per heavy atom. The average molecular weight is 892 g/mol. The molecule has 0 aromatic rings. The van der Waals surface area contributed by atoms with E-state index in [0.717, 1.165) is 69.6 Å². The van der Waals surface area contributed by atoms with Gasteiger partial charge in [-0.2, -0.15) is 0 Å². The maximum atomic E-state index is 12.8. The molecule has 0 spiro atoms. The van der Waals surface area contributed by atoms with Gasteiger partial charge in [-0.3, -0.25) is 14.4 Å².